The van der Waals surface area contributed by atoms with Crippen molar-refractivity contribution < 1.29 is 0 Å². The molecule has 0 aliphatic heterocycles. The highest BCUT2D eigenvalue weighted by molar-refractivity contribution is 6.31. The Morgan fingerprint density at radius 3 is 3.00 bits per heavy atom. The zero-order valence-corrected chi connectivity index (χ0v) is 10.1. The molecule has 0 aliphatic rings. The average molecular weight is 262 g/mol. The van der Waals surface area contributed by atoms with Crippen LogP contribution in [0.25, 0.3) is 16.9 Å². The Balaban J connectivity index is 2.29. The first-order valence-corrected chi connectivity index (χ1v) is 5.60. The minimum absolute atomic E-state index is 0.203. The molecule has 18 heavy (non-hydrogen) atoms. The number of nitrogens with one attached hydrogen (secondary N) is 1. The fraction of sp³-hybridized carbons (Fsp3) is 0.0909. The van der Waals surface area contributed by atoms with Gasteiger partial charge in [0.15, 0.2) is 11.2 Å². The van der Waals surface area contributed by atoms with Gasteiger partial charge < -0.3 is 4.98 Å². The number of aromatic nitrogens is 5. The maximum absolute atomic E-state index is 11.5. The number of H-pyrrole nitrogens is 1. The summed E-state index contributed by atoms with van der Waals surface area (Å²) < 4.78 is 1.48. The van der Waals surface area contributed by atoms with E-state index < -0.39 is 0 Å². The maximum Gasteiger partial charge on any atom is 0.280 e. The number of benzene rings is 1. The molecular weight excluding hydrogens is 254 g/mol. The van der Waals surface area contributed by atoms with Gasteiger partial charge in [0, 0.05) is 5.02 Å². The number of fused-ring (bicyclic) bond motifs is 1. The minimum Gasteiger partial charge on any atom is -0.311 e. The normalized spacial score (nSPS) is 11.0. The van der Waals surface area contributed by atoms with Crippen molar-refractivity contribution in [3.8, 4) is 5.69 Å². The van der Waals surface area contributed by atoms with Crippen LogP contribution in [0, 0.1) is 6.92 Å². The van der Waals surface area contributed by atoms with E-state index in [0.29, 0.717) is 16.4 Å². The Labute approximate surface area is 106 Å². The fourth-order valence-corrected chi connectivity index (χ4v) is 1.82. The van der Waals surface area contributed by atoms with E-state index >= 15 is 0 Å². The van der Waals surface area contributed by atoms with Crippen LogP contribution in [0.5, 0.6) is 0 Å². The molecule has 1 N–H and O–H groups in total. The van der Waals surface area contributed by atoms with Crippen LogP contribution in [-0.4, -0.2) is 25.0 Å². The van der Waals surface area contributed by atoms with Crippen LogP contribution in [0.15, 0.2) is 29.3 Å². The van der Waals surface area contributed by atoms with Gasteiger partial charge in [-0.05, 0) is 24.6 Å². The summed E-state index contributed by atoms with van der Waals surface area (Å²) in [6.07, 6.45) is 1.32. The van der Waals surface area contributed by atoms with Gasteiger partial charge in [0.25, 0.3) is 5.56 Å². The van der Waals surface area contributed by atoms with Crippen molar-refractivity contribution in [2.75, 3.05) is 0 Å². The molecule has 0 saturated heterocycles. The highest BCUT2D eigenvalue weighted by atomic mass is 35.5. The second-order valence-corrected chi connectivity index (χ2v) is 4.25. The second-order valence-electron chi connectivity index (χ2n) is 3.84. The third kappa shape index (κ3) is 1.58. The van der Waals surface area contributed by atoms with Crippen molar-refractivity contribution >= 4 is 22.8 Å². The molecule has 0 spiro atoms. The van der Waals surface area contributed by atoms with Crippen molar-refractivity contribution in [2.24, 2.45) is 0 Å². The number of hydrogen-bond acceptors (Lipinski definition) is 4. The van der Waals surface area contributed by atoms with E-state index in [2.05, 4.69) is 20.3 Å². The lowest BCUT2D eigenvalue weighted by molar-refractivity contribution is 0.817. The van der Waals surface area contributed by atoms with Crippen molar-refractivity contribution in [3.05, 3.63) is 45.5 Å². The standard InChI is InChI=1S/C11H8ClN5O/c1-6-2-3-7(4-8(6)12)17-10-9(15-16-17)11(18)14-5-13-10/h2-5H,1H3,(H,13,14,18). The van der Waals surface area contributed by atoms with E-state index in [1.54, 1.807) is 6.07 Å². The number of aryl methyl sites for hydroxylation is 1. The lowest BCUT2D eigenvalue weighted by Gasteiger charge is -2.03. The van der Waals surface area contributed by atoms with Gasteiger partial charge >= 0.3 is 0 Å². The van der Waals surface area contributed by atoms with Gasteiger partial charge in [-0.2, -0.15) is 4.68 Å². The Hall–Kier alpha value is -2.21. The summed E-state index contributed by atoms with van der Waals surface area (Å²) in [6.45, 7) is 1.91. The van der Waals surface area contributed by atoms with Crippen molar-refractivity contribution in [2.45, 2.75) is 6.92 Å². The van der Waals surface area contributed by atoms with Crippen LogP contribution in [0.3, 0.4) is 0 Å². The van der Waals surface area contributed by atoms with E-state index in [1.165, 1.54) is 11.0 Å². The van der Waals surface area contributed by atoms with Crippen molar-refractivity contribution in [1.82, 2.24) is 25.0 Å². The molecule has 0 aliphatic carbocycles. The summed E-state index contributed by atoms with van der Waals surface area (Å²) >= 11 is 6.06. The first-order valence-electron chi connectivity index (χ1n) is 5.22. The molecule has 0 amide bonds. The predicted molar refractivity (Wildman–Crippen MR) is 67.0 cm³/mol. The Bertz CT molecular complexity index is 791. The fourth-order valence-electron chi connectivity index (χ4n) is 1.65. The van der Waals surface area contributed by atoms with Crippen molar-refractivity contribution in [3.63, 3.8) is 0 Å². The van der Waals surface area contributed by atoms with E-state index in [-0.39, 0.29) is 11.1 Å². The topological polar surface area (TPSA) is 76.5 Å². The number of halogens is 1. The third-order valence-electron chi connectivity index (χ3n) is 2.64. The van der Waals surface area contributed by atoms with E-state index in [0.717, 1.165) is 5.56 Å². The number of rotatable bonds is 1. The van der Waals surface area contributed by atoms with Gasteiger partial charge in [-0.1, -0.05) is 22.9 Å². The molecule has 7 heteroatoms. The zero-order chi connectivity index (χ0) is 12.7. The summed E-state index contributed by atoms with van der Waals surface area (Å²) in [7, 11) is 0. The molecule has 0 radical (unpaired) electrons. The lowest BCUT2D eigenvalue weighted by atomic mass is 10.2. The maximum atomic E-state index is 11.5. The first-order chi connectivity index (χ1) is 8.66. The third-order valence-corrected chi connectivity index (χ3v) is 3.05. The summed E-state index contributed by atoms with van der Waals surface area (Å²) in [5, 5.41) is 8.36. The lowest BCUT2D eigenvalue weighted by Crippen LogP contribution is -2.07. The highest BCUT2D eigenvalue weighted by Gasteiger charge is 2.11. The molecular formula is C11H8ClN5O. The quantitative estimate of drug-likeness (QED) is 0.720. The SMILES string of the molecule is Cc1ccc(-n2nnc3c(=O)[nH]cnc32)cc1Cl. The van der Waals surface area contributed by atoms with E-state index in [9.17, 15) is 4.79 Å². The van der Waals surface area contributed by atoms with Gasteiger partial charge in [-0.25, -0.2) is 4.98 Å². The molecule has 90 valence electrons. The van der Waals surface area contributed by atoms with Gasteiger partial charge in [0.05, 0.1) is 12.0 Å². The number of hydrogen-bond donors (Lipinski definition) is 1. The smallest absolute Gasteiger partial charge is 0.280 e. The van der Waals surface area contributed by atoms with Gasteiger partial charge in [0.2, 0.25) is 0 Å². The second kappa shape index (κ2) is 3.92. The molecule has 0 atom stereocenters. The molecule has 0 bridgehead atoms. The van der Waals surface area contributed by atoms with E-state index in [1.807, 2.05) is 19.1 Å². The van der Waals surface area contributed by atoms with Gasteiger partial charge in [-0.3, -0.25) is 4.79 Å². The Morgan fingerprint density at radius 2 is 2.22 bits per heavy atom. The number of aromatic amines is 1. The molecule has 6 nitrogen and oxygen atoms in total. The van der Waals surface area contributed by atoms with Crippen LogP contribution in [-0.2, 0) is 0 Å². The van der Waals surface area contributed by atoms with Crippen LogP contribution >= 0.6 is 11.6 Å². The summed E-state index contributed by atoms with van der Waals surface area (Å²) in [4.78, 5) is 18.0. The molecule has 0 saturated carbocycles. The van der Waals surface area contributed by atoms with Gasteiger partial charge in [0.1, 0.15) is 0 Å². The first kappa shape index (κ1) is 10.9. The molecule has 3 aromatic rings. The summed E-state index contributed by atoms with van der Waals surface area (Å²) in [6, 6.07) is 5.48. The molecule has 0 fully saturated rings. The van der Waals surface area contributed by atoms with Crippen LogP contribution in [0.2, 0.25) is 5.02 Å². The van der Waals surface area contributed by atoms with E-state index in [4.69, 9.17) is 11.6 Å². The molecule has 3 rings (SSSR count). The summed E-state index contributed by atoms with van der Waals surface area (Å²) in [5.41, 5.74) is 1.97. The van der Waals surface area contributed by atoms with Crippen LogP contribution in [0.4, 0.5) is 0 Å². The van der Waals surface area contributed by atoms with Crippen LogP contribution < -0.4 is 5.56 Å². The zero-order valence-electron chi connectivity index (χ0n) is 9.38. The van der Waals surface area contributed by atoms with Gasteiger partial charge in [-0.15, -0.1) is 5.10 Å². The number of nitrogens with zero attached hydrogens (tertiary/aromatic N) is 4. The molecule has 0 unspecified atom stereocenters. The average Bonchev–Trinajstić information content (AvgIpc) is 2.78. The van der Waals surface area contributed by atoms with Crippen molar-refractivity contribution in [1.29, 1.82) is 0 Å². The molecule has 1 aromatic carbocycles. The van der Waals surface area contributed by atoms with Crippen LogP contribution in [0.1, 0.15) is 5.56 Å². The monoisotopic (exact) mass is 261 g/mol. The Morgan fingerprint density at radius 1 is 1.39 bits per heavy atom. The Kier molecular flexibility index (Phi) is 2.38. The summed E-state index contributed by atoms with van der Waals surface area (Å²) in [5.74, 6) is 0. The highest BCUT2D eigenvalue weighted by Crippen LogP contribution is 2.20. The largest absolute Gasteiger partial charge is 0.311 e. The molecule has 2 heterocycles. The molecule has 2 aromatic heterocycles. The minimum atomic E-state index is -0.315. The predicted octanol–water partition coefficient (Wildman–Crippen LogP) is 1.47.